The first-order chi connectivity index (χ1) is 12.5. The highest BCUT2D eigenvalue weighted by Gasteiger charge is 2.16. The maximum Gasteiger partial charge on any atom is 0.220 e. The Kier molecular flexibility index (Phi) is 7.95. The summed E-state index contributed by atoms with van der Waals surface area (Å²) in [7, 11) is 5.68. The molecule has 0 radical (unpaired) electrons. The van der Waals surface area contributed by atoms with Crippen LogP contribution in [-0.4, -0.2) is 38.6 Å². The van der Waals surface area contributed by atoms with Gasteiger partial charge in [-0.15, -0.1) is 0 Å². The molecule has 0 aliphatic carbocycles. The summed E-state index contributed by atoms with van der Waals surface area (Å²) < 4.78 is 5.30. The second-order valence-electron chi connectivity index (χ2n) is 6.54. The van der Waals surface area contributed by atoms with Crippen molar-refractivity contribution in [1.29, 1.82) is 0 Å². The molecule has 2 aromatic carbocycles. The predicted molar refractivity (Wildman–Crippen MR) is 107 cm³/mol. The van der Waals surface area contributed by atoms with Gasteiger partial charge in [-0.1, -0.05) is 35.9 Å². The van der Waals surface area contributed by atoms with E-state index in [0.29, 0.717) is 13.0 Å². The first kappa shape index (κ1) is 20.3. The molecule has 0 aromatic heterocycles. The van der Waals surface area contributed by atoms with Crippen LogP contribution in [0.25, 0.3) is 0 Å². The van der Waals surface area contributed by atoms with Gasteiger partial charge >= 0.3 is 0 Å². The van der Waals surface area contributed by atoms with Crippen molar-refractivity contribution < 1.29 is 9.53 Å². The summed E-state index contributed by atoms with van der Waals surface area (Å²) in [5.74, 6) is 0.900. The van der Waals surface area contributed by atoms with Crippen LogP contribution in [0.4, 0.5) is 0 Å². The number of benzene rings is 2. The average molecular weight is 375 g/mol. The lowest BCUT2D eigenvalue weighted by Crippen LogP contribution is -2.34. The Hall–Kier alpha value is -2.04. The van der Waals surface area contributed by atoms with Crippen molar-refractivity contribution in [2.45, 2.75) is 25.3 Å². The van der Waals surface area contributed by atoms with Crippen molar-refractivity contribution >= 4 is 17.5 Å². The molecule has 1 amide bonds. The highest BCUT2D eigenvalue weighted by Crippen LogP contribution is 2.22. The van der Waals surface area contributed by atoms with E-state index in [-0.39, 0.29) is 11.9 Å². The van der Waals surface area contributed by atoms with Crippen molar-refractivity contribution in [3.8, 4) is 5.75 Å². The summed E-state index contributed by atoms with van der Waals surface area (Å²) in [4.78, 5) is 14.3. The molecule has 1 atom stereocenters. The summed E-state index contributed by atoms with van der Waals surface area (Å²) in [5, 5.41) is 3.79. The van der Waals surface area contributed by atoms with Crippen LogP contribution in [0.15, 0.2) is 48.5 Å². The summed E-state index contributed by atoms with van der Waals surface area (Å²) in [6.45, 7) is 0.569. The highest BCUT2D eigenvalue weighted by molar-refractivity contribution is 6.30. The molecule has 0 fully saturated rings. The number of rotatable bonds is 9. The topological polar surface area (TPSA) is 41.6 Å². The van der Waals surface area contributed by atoms with Gasteiger partial charge in [-0.3, -0.25) is 4.79 Å². The van der Waals surface area contributed by atoms with Gasteiger partial charge in [0.15, 0.2) is 0 Å². The second kappa shape index (κ2) is 10.2. The molecule has 0 saturated carbocycles. The maximum atomic E-state index is 12.2. The molecule has 5 heteroatoms. The Morgan fingerprint density at radius 3 is 2.58 bits per heavy atom. The zero-order chi connectivity index (χ0) is 18.9. The SMILES string of the molecule is COc1cccc(C(CNC(=O)CCCc2ccc(Cl)cc2)N(C)C)c1. The minimum Gasteiger partial charge on any atom is -0.497 e. The van der Waals surface area contributed by atoms with Crippen LogP contribution < -0.4 is 10.1 Å². The largest absolute Gasteiger partial charge is 0.497 e. The van der Waals surface area contributed by atoms with E-state index in [1.807, 2.05) is 56.6 Å². The van der Waals surface area contributed by atoms with Gasteiger partial charge in [0.25, 0.3) is 0 Å². The van der Waals surface area contributed by atoms with Crippen molar-refractivity contribution in [3.63, 3.8) is 0 Å². The molecule has 26 heavy (non-hydrogen) atoms. The van der Waals surface area contributed by atoms with Crippen LogP contribution in [-0.2, 0) is 11.2 Å². The summed E-state index contributed by atoms with van der Waals surface area (Å²) in [6, 6.07) is 15.8. The lowest BCUT2D eigenvalue weighted by atomic mass is 10.1. The Labute approximate surface area is 161 Å². The predicted octanol–water partition coefficient (Wildman–Crippen LogP) is 4.09. The van der Waals surface area contributed by atoms with Crippen LogP contribution in [0.5, 0.6) is 5.75 Å². The number of nitrogens with one attached hydrogen (secondary N) is 1. The first-order valence-electron chi connectivity index (χ1n) is 8.81. The summed E-state index contributed by atoms with van der Waals surface area (Å²) in [5.41, 5.74) is 2.32. The van der Waals surface area contributed by atoms with Gasteiger partial charge in [-0.05, 0) is 62.3 Å². The van der Waals surface area contributed by atoms with Crippen molar-refractivity contribution in [1.82, 2.24) is 10.2 Å². The number of hydrogen-bond acceptors (Lipinski definition) is 3. The molecular formula is C21H27ClN2O2. The minimum atomic E-state index is 0.0775. The minimum absolute atomic E-state index is 0.0775. The average Bonchev–Trinajstić information content (AvgIpc) is 2.63. The number of carbonyl (C=O) groups is 1. The fraction of sp³-hybridized carbons (Fsp3) is 0.381. The van der Waals surface area contributed by atoms with Gasteiger partial charge in [-0.25, -0.2) is 0 Å². The summed E-state index contributed by atoms with van der Waals surface area (Å²) >= 11 is 5.89. The second-order valence-corrected chi connectivity index (χ2v) is 6.98. The fourth-order valence-corrected chi connectivity index (χ4v) is 2.98. The van der Waals surface area contributed by atoms with Crippen LogP contribution in [0.2, 0.25) is 5.02 Å². The van der Waals surface area contributed by atoms with Gasteiger partial charge in [0.2, 0.25) is 5.91 Å². The Balaban J connectivity index is 1.82. The van der Waals surface area contributed by atoms with Crippen LogP contribution in [0.3, 0.4) is 0 Å². The normalized spacial score (nSPS) is 12.0. The van der Waals surface area contributed by atoms with Gasteiger partial charge < -0.3 is 15.0 Å². The third-order valence-corrected chi connectivity index (χ3v) is 4.63. The molecule has 2 rings (SSSR count). The summed E-state index contributed by atoms with van der Waals surface area (Å²) in [6.07, 6.45) is 2.21. The van der Waals surface area contributed by atoms with E-state index in [4.69, 9.17) is 16.3 Å². The van der Waals surface area contributed by atoms with E-state index < -0.39 is 0 Å². The van der Waals surface area contributed by atoms with Gasteiger partial charge in [-0.2, -0.15) is 0 Å². The number of ether oxygens (including phenoxy) is 1. The van der Waals surface area contributed by atoms with E-state index in [2.05, 4.69) is 16.3 Å². The van der Waals surface area contributed by atoms with Crippen molar-refractivity contribution in [3.05, 3.63) is 64.7 Å². The first-order valence-corrected chi connectivity index (χ1v) is 9.19. The molecule has 2 aromatic rings. The van der Waals surface area contributed by atoms with Crippen LogP contribution in [0.1, 0.15) is 30.0 Å². The van der Waals surface area contributed by atoms with Crippen molar-refractivity contribution in [2.75, 3.05) is 27.7 Å². The number of amides is 1. The zero-order valence-electron chi connectivity index (χ0n) is 15.7. The monoisotopic (exact) mass is 374 g/mol. The maximum absolute atomic E-state index is 12.2. The molecule has 0 aliphatic rings. The molecule has 0 aliphatic heterocycles. The number of nitrogens with zero attached hydrogens (tertiary/aromatic N) is 1. The molecule has 4 nitrogen and oxygen atoms in total. The number of carbonyl (C=O) groups excluding carboxylic acids is 1. The highest BCUT2D eigenvalue weighted by atomic mass is 35.5. The van der Waals surface area contributed by atoms with Gasteiger partial charge in [0.1, 0.15) is 5.75 Å². The zero-order valence-corrected chi connectivity index (χ0v) is 16.4. The lowest BCUT2D eigenvalue weighted by Gasteiger charge is -2.25. The molecule has 0 heterocycles. The van der Waals surface area contributed by atoms with Crippen molar-refractivity contribution in [2.24, 2.45) is 0 Å². The Morgan fingerprint density at radius 2 is 1.92 bits per heavy atom. The van der Waals surface area contributed by atoms with Gasteiger partial charge in [0, 0.05) is 18.0 Å². The third-order valence-electron chi connectivity index (χ3n) is 4.38. The van der Waals surface area contributed by atoms with E-state index >= 15 is 0 Å². The fourth-order valence-electron chi connectivity index (χ4n) is 2.85. The van der Waals surface area contributed by atoms with Crippen LogP contribution >= 0.6 is 11.6 Å². The number of halogens is 1. The smallest absolute Gasteiger partial charge is 0.220 e. The number of aryl methyl sites for hydroxylation is 1. The number of hydrogen-bond donors (Lipinski definition) is 1. The standard InChI is InChI=1S/C21H27ClN2O2/c1-24(2)20(17-7-5-8-19(14-17)26-3)15-23-21(25)9-4-6-16-10-12-18(22)13-11-16/h5,7-8,10-14,20H,4,6,9,15H2,1-3H3,(H,23,25). The molecule has 1 N–H and O–H groups in total. The van der Waals surface area contributed by atoms with Gasteiger partial charge in [0.05, 0.1) is 13.2 Å². The number of methoxy groups -OCH3 is 1. The number of likely N-dealkylation sites (N-methyl/N-ethyl adjacent to an activating group) is 1. The van der Waals surface area contributed by atoms with Crippen LogP contribution in [0, 0.1) is 0 Å². The van der Waals surface area contributed by atoms with E-state index in [1.54, 1.807) is 7.11 Å². The Morgan fingerprint density at radius 1 is 1.19 bits per heavy atom. The Bertz CT molecular complexity index is 701. The lowest BCUT2D eigenvalue weighted by molar-refractivity contribution is -0.121. The quantitative estimate of drug-likeness (QED) is 0.718. The van der Waals surface area contributed by atoms with E-state index in [0.717, 1.165) is 29.2 Å². The molecule has 140 valence electrons. The molecule has 0 saturated heterocycles. The molecule has 0 bridgehead atoms. The molecule has 1 unspecified atom stereocenters. The van der Waals surface area contributed by atoms with E-state index in [9.17, 15) is 4.79 Å². The van der Waals surface area contributed by atoms with E-state index in [1.165, 1.54) is 5.56 Å². The molecular weight excluding hydrogens is 348 g/mol. The molecule has 0 spiro atoms. The third kappa shape index (κ3) is 6.36.